The van der Waals surface area contributed by atoms with Crippen LogP contribution in [0, 0.1) is 12.8 Å². The molecule has 6 nitrogen and oxygen atoms in total. The van der Waals surface area contributed by atoms with E-state index in [1.165, 1.54) is 11.3 Å². The molecule has 3 rings (SSSR count). The van der Waals surface area contributed by atoms with Crippen LogP contribution in [0.2, 0.25) is 0 Å². The Morgan fingerprint density at radius 1 is 1.21 bits per heavy atom. The summed E-state index contributed by atoms with van der Waals surface area (Å²) in [5.41, 5.74) is 5.72. The molecule has 1 aliphatic rings. The molecule has 0 bridgehead atoms. The molecule has 2 aromatic rings. The predicted molar refractivity (Wildman–Crippen MR) is 108 cm³/mol. The SMILES string of the molecule is Cc1c(CNNC(C)(C)C)sc2c1c(=O)n([C@H]1C[C@@H]1C)c(=O)n2CCC(F)(F)F. The topological polar surface area (TPSA) is 68.1 Å². The smallest absolute Gasteiger partial charge is 0.284 e. The van der Waals surface area contributed by atoms with Crippen molar-refractivity contribution in [2.45, 2.75) is 78.3 Å². The van der Waals surface area contributed by atoms with Gasteiger partial charge in [0.2, 0.25) is 0 Å². The van der Waals surface area contributed by atoms with Crippen LogP contribution in [0.3, 0.4) is 0 Å². The lowest BCUT2D eigenvalue weighted by Gasteiger charge is -2.20. The third kappa shape index (κ3) is 4.75. The highest BCUT2D eigenvalue weighted by molar-refractivity contribution is 7.18. The van der Waals surface area contributed by atoms with Gasteiger partial charge in [-0.3, -0.25) is 24.8 Å². The van der Waals surface area contributed by atoms with Crippen LogP contribution in [0.4, 0.5) is 13.2 Å². The average Bonchev–Trinajstić information content (AvgIpc) is 3.17. The van der Waals surface area contributed by atoms with E-state index >= 15 is 0 Å². The Morgan fingerprint density at radius 3 is 2.34 bits per heavy atom. The zero-order valence-electron chi connectivity index (χ0n) is 17.2. The number of hydrazine groups is 1. The minimum Gasteiger partial charge on any atom is -0.284 e. The van der Waals surface area contributed by atoms with Gasteiger partial charge >= 0.3 is 11.9 Å². The molecule has 0 amide bonds. The van der Waals surface area contributed by atoms with Gasteiger partial charge in [0.25, 0.3) is 5.56 Å². The van der Waals surface area contributed by atoms with Gasteiger partial charge in [-0.1, -0.05) is 6.92 Å². The van der Waals surface area contributed by atoms with Crippen molar-refractivity contribution in [1.82, 2.24) is 20.0 Å². The molecule has 2 N–H and O–H groups in total. The standard InChI is InChI=1S/C19H27F3N4O2S/c1-10-8-12(10)26-15(27)14-11(2)13(9-23-24-18(3,4)5)29-16(14)25(17(26)28)7-6-19(20,21)22/h10,12,23-24H,6-9H2,1-5H3/t10-,12-/m0/s1. The molecule has 2 aromatic heterocycles. The predicted octanol–water partition coefficient (Wildman–Crippen LogP) is 3.46. The fraction of sp³-hybridized carbons (Fsp3) is 0.684. The number of aryl methyl sites for hydroxylation is 2. The summed E-state index contributed by atoms with van der Waals surface area (Å²) < 4.78 is 40.8. The molecule has 162 valence electrons. The molecule has 0 spiro atoms. The molecular weight excluding hydrogens is 405 g/mol. The van der Waals surface area contributed by atoms with Crippen LogP contribution in [-0.2, 0) is 13.1 Å². The maximum absolute atomic E-state index is 13.1. The Hall–Kier alpha value is -1.65. The quantitative estimate of drug-likeness (QED) is 0.686. The van der Waals surface area contributed by atoms with Crippen molar-refractivity contribution in [3.63, 3.8) is 0 Å². The minimum atomic E-state index is -4.38. The van der Waals surface area contributed by atoms with E-state index < -0.39 is 30.4 Å². The van der Waals surface area contributed by atoms with Crippen molar-refractivity contribution in [2.24, 2.45) is 5.92 Å². The van der Waals surface area contributed by atoms with Crippen molar-refractivity contribution in [1.29, 1.82) is 0 Å². The third-order valence-electron chi connectivity index (χ3n) is 5.07. The zero-order chi connectivity index (χ0) is 21.7. The van der Waals surface area contributed by atoms with E-state index in [1.54, 1.807) is 6.92 Å². The van der Waals surface area contributed by atoms with Crippen LogP contribution in [0.1, 0.15) is 57.0 Å². The first-order valence-corrected chi connectivity index (χ1v) is 10.5. The number of hydrogen-bond donors (Lipinski definition) is 2. The second kappa shape index (κ2) is 7.55. The Bertz CT molecular complexity index is 1030. The second-order valence-corrected chi connectivity index (χ2v) is 9.90. The molecule has 1 saturated carbocycles. The first kappa shape index (κ1) is 22.0. The molecule has 29 heavy (non-hydrogen) atoms. The lowest BCUT2D eigenvalue weighted by molar-refractivity contribution is -0.136. The molecule has 0 saturated heterocycles. The number of nitrogens with zero attached hydrogens (tertiary/aromatic N) is 2. The van der Waals surface area contributed by atoms with Gasteiger partial charge in [0.15, 0.2) is 0 Å². The van der Waals surface area contributed by atoms with E-state index in [2.05, 4.69) is 10.9 Å². The average molecular weight is 433 g/mol. The molecule has 0 radical (unpaired) electrons. The number of rotatable bonds is 6. The number of aromatic nitrogens is 2. The molecule has 1 aliphatic carbocycles. The van der Waals surface area contributed by atoms with Gasteiger partial charge in [0.05, 0.1) is 11.8 Å². The first-order chi connectivity index (χ1) is 13.3. The fourth-order valence-electron chi connectivity index (χ4n) is 3.36. The van der Waals surface area contributed by atoms with Gasteiger partial charge in [-0.25, -0.2) is 4.79 Å². The summed E-state index contributed by atoms with van der Waals surface area (Å²) >= 11 is 1.20. The van der Waals surface area contributed by atoms with E-state index in [0.29, 0.717) is 28.7 Å². The van der Waals surface area contributed by atoms with Crippen LogP contribution in [0.15, 0.2) is 9.59 Å². The summed E-state index contributed by atoms with van der Waals surface area (Å²) in [7, 11) is 0. The highest BCUT2D eigenvalue weighted by Gasteiger charge is 2.38. The highest BCUT2D eigenvalue weighted by atomic mass is 32.1. The van der Waals surface area contributed by atoms with Gasteiger partial charge in [-0.05, 0) is 45.6 Å². The van der Waals surface area contributed by atoms with E-state index in [4.69, 9.17) is 0 Å². The van der Waals surface area contributed by atoms with Crippen molar-refractivity contribution < 1.29 is 13.2 Å². The van der Waals surface area contributed by atoms with Crippen molar-refractivity contribution in [2.75, 3.05) is 0 Å². The Labute approximate surface area is 170 Å². The lowest BCUT2D eigenvalue weighted by atomic mass is 10.1. The summed E-state index contributed by atoms with van der Waals surface area (Å²) in [5.74, 6) is 0.171. The van der Waals surface area contributed by atoms with Crippen molar-refractivity contribution in [3.05, 3.63) is 31.3 Å². The molecule has 10 heteroatoms. The number of hydrogen-bond acceptors (Lipinski definition) is 5. The largest absolute Gasteiger partial charge is 0.390 e. The third-order valence-corrected chi connectivity index (χ3v) is 6.39. The summed E-state index contributed by atoms with van der Waals surface area (Å²) in [6, 6.07) is -0.236. The lowest BCUT2D eigenvalue weighted by Crippen LogP contribution is -2.45. The van der Waals surface area contributed by atoms with Crippen LogP contribution >= 0.6 is 11.3 Å². The maximum Gasteiger partial charge on any atom is 0.390 e. The van der Waals surface area contributed by atoms with Gasteiger partial charge in [-0.2, -0.15) is 13.2 Å². The number of nitrogens with one attached hydrogen (secondary N) is 2. The normalized spacial score (nSPS) is 19.9. The highest BCUT2D eigenvalue weighted by Crippen LogP contribution is 2.41. The molecule has 1 fully saturated rings. The van der Waals surface area contributed by atoms with Gasteiger partial charge in [0, 0.05) is 29.5 Å². The van der Waals surface area contributed by atoms with E-state index in [-0.39, 0.29) is 17.5 Å². The Kier molecular flexibility index (Phi) is 5.74. The summed E-state index contributed by atoms with van der Waals surface area (Å²) in [6.45, 7) is 9.58. The Balaban J connectivity index is 2.10. The van der Waals surface area contributed by atoms with Crippen LogP contribution in [0.25, 0.3) is 10.2 Å². The minimum absolute atomic E-state index is 0.171. The Morgan fingerprint density at radius 2 is 1.83 bits per heavy atom. The molecule has 0 unspecified atom stereocenters. The van der Waals surface area contributed by atoms with E-state index in [0.717, 1.165) is 14.0 Å². The molecule has 2 heterocycles. The number of alkyl halides is 3. The summed E-state index contributed by atoms with van der Waals surface area (Å²) in [4.78, 5) is 27.2. The number of thiophene rings is 1. The molecular formula is C19H27F3N4O2S. The summed E-state index contributed by atoms with van der Waals surface area (Å²) in [5, 5.41) is 0.350. The summed E-state index contributed by atoms with van der Waals surface area (Å²) in [6.07, 6.45) is -4.81. The van der Waals surface area contributed by atoms with Gasteiger partial charge in [-0.15, -0.1) is 11.3 Å². The first-order valence-electron chi connectivity index (χ1n) is 9.64. The van der Waals surface area contributed by atoms with Crippen molar-refractivity contribution in [3.8, 4) is 0 Å². The maximum atomic E-state index is 13.1. The van der Waals surface area contributed by atoms with Crippen LogP contribution < -0.4 is 22.1 Å². The monoisotopic (exact) mass is 432 g/mol. The van der Waals surface area contributed by atoms with Gasteiger partial charge < -0.3 is 0 Å². The van der Waals surface area contributed by atoms with Crippen LogP contribution in [-0.4, -0.2) is 20.8 Å². The van der Waals surface area contributed by atoms with E-state index in [1.807, 2.05) is 27.7 Å². The zero-order valence-corrected chi connectivity index (χ0v) is 18.1. The number of halogens is 3. The van der Waals surface area contributed by atoms with Crippen molar-refractivity contribution >= 4 is 21.6 Å². The molecule has 2 atom stereocenters. The second-order valence-electron chi connectivity index (χ2n) is 8.81. The van der Waals surface area contributed by atoms with Gasteiger partial charge in [0.1, 0.15) is 4.83 Å². The number of fused-ring (bicyclic) bond motifs is 1. The molecule has 0 aliphatic heterocycles. The van der Waals surface area contributed by atoms with Crippen LogP contribution in [0.5, 0.6) is 0 Å². The molecule has 0 aromatic carbocycles. The van der Waals surface area contributed by atoms with E-state index in [9.17, 15) is 22.8 Å². The fourth-order valence-corrected chi connectivity index (χ4v) is 4.61.